The number of likely N-dealkylation sites (tertiary alicyclic amines) is 1. The topological polar surface area (TPSA) is 83.9 Å². The van der Waals surface area contributed by atoms with Crippen molar-refractivity contribution in [3.63, 3.8) is 0 Å². The van der Waals surface area contributed by atoms with Crippen molar-refractivity contribution >= 4 is 17.5 Å². The van der Waals surface area contributed by atoms with Crippen LogP contribution in [0, 0.1) is 5.92 Å². The third-order valence-electron chi connectivity index (χ3n) is 4.33. The van der Waals surface area contributed by atoms with Crippen LogP contribution in [0.15, 0.2) is 29.5 Å². The molecule has 7 heteroatoms. The van der Waals surface area contributed by atoms with Crippen molar-refractivity contribution in [2.45, 2.75) is 18.8 Å². The minimum Gasteiger partial charge on any atom is -0.384 e. The number of hydrogen-bond acceptors (Lipinski definition) is 5. The smallest absolute Gasteiger partial charge is 0.270 e. The summed E-state index contributed by atoms with van der Waals surface area (Å²) in [6, 6.07) is 5.82. The Labute approximate surface area is 134 Å². The van der Waals surface area contributed by atoms with E-state index in [2.05, 4.69) is 15.5 Å². The number of pyridine rings is 1. The molecule has 0 bridgehead atoms. The lowest BCUT2D eigenvalue weighted by Crippen LogP contribution is -2.39. The number of carbonyl (C=O) groups is 2. The average molecular weight is 316 g/mol. The Morgan fingerprint density at radius 2 is 2.26 bits per heavy atom. The normalized spacial score (nSPS) is 24.3. The van der Waals surface area contributed by atoms with Gasteiger partial charge in [-0.1, -0.05) is 6.07 Å². The van der Waals surface area contributed by atoms with Gasteiger partial charge in [0.1, 0.15) is 5.71 Å². The first-order valence-corrected chi connectivity index (χ1v) is 7.73. The third kappa shape index (κ3) is 3.39. The fourth-order valence-corrected chi connectivity index (χ4v) is 3.16. The maximum atomic E-state index is 12.6. The number of carbonyl (C=O) groups excluding carboxylic acids is 2. The summed E-state index contributed by atoms with van der Waals surface area (Å²) < 4.78 is 5.31. The maximum absolute atomic E-state index is 12.6. The lowest BCUT2D eigenvalue weighted by molar-refractivity contribution is -0.124. The molecule has 2 atom stereocenters. The van der Waals surface area contributed by atoms with E-state index in [0.29, 0.717) is 38.2 Å². The lowest BCUT2D eigenvalue weighted by atomic mass is 9.93. The molecule has 3 rings (SSSR count). The average Bonchev–Trinajstić information content (AvgIpc) is 3.00. The van der Waals surface area contributed by atoms with Crippen molar-refractivity contribution < 1.29 is 14.3 Å². The first kappa shape index (κ1) is 15.6. The SMILES string of the molecule is COC[C@@H]1CN(C(=O)C2=NNC(=O)CC2)C[C@H]1c1ccccn1. The van der Waals surface area contributed by atoms with Gasteiger partial charge in [0.25, 0.3) is 5.91 Å². The summed E-state index contributed by atoms with van der Waals surface area (Å²) in [5, 5.41) is 3.90. The van der Waals surface area contributed by atoms with E-state index in [9.17, 15) is 9.59 Å². The van der Waals surface area contributed by atoms with Crippen molar-refractivity contribution in [3.8, 4) is 0 Å². The molecule has 23 heavy (non-hydrogen) atoms. The van der Waals surface area contributed by atoms with E-state index < -0.39 is 0 Å². The van der Waals surface area contributed by atoms with Crippen LogP contribution in [0.3, 0.4) is 0 Å². The van der Waals surface area contributed by atoms with E-state index in [1.165, 1.54) is 0 Å². The molecule has 0 spiro atoms. The van der Waals surface area contributed by atoms with Crippen molar-refractivity contribution in [1.29, 1.82) is 0 Å². The first-order chi connectivity index (χ1) is 11.2. The highest BCUT2D eigenvalue weighted by atomic mass is 16.5. The highest BCUT2D eigenvalue weighted by molar-refractivity contribution is 6.39. The van der Waals surface area contributed by atoms with Crippen LogP contribution < -0.4 is 5.43 Å². The van der Waals surface area contributed by atoms with Crippen LogP contribution in [-0.2, 0) is 14.3 Å². The Kier molecular flexibility index (Phi) is 4.66. The van der Waals surface area contributed by atoms with Gasteiger partial charge < -0.3 is 9.64 Å². The van der Waals surface area contributed by atoms with Gasteiger partial charge in [-0.3, -0.25) is 14.6 Å². The van der Waals surface area contributed by atoms with E-state index in [1.54, 1.807) is 18.2 Å². The van der Waals surface area contributed by atoms with Crippen LogP contribution in [0.5, 0.6) is 0 Å². The highest BCUT2D eigenvalue weighted by Gasteiger charge is 2.38. The number of hydrazone groups is 1. The summed E-state index contributed by atoms with van der Waals surface area (Å²) in [6.07, 6.45) is 2.47. The van der Waals surface area contributed by atoms with Gasteiger partial charge in [-0.25, -0.2) is 5.43 Å². The molecular formula is C16H20N4O3. The van der Waals surface area contributed by atoms with E-state index in [1.807, 2.05) is 18.2 Å². The fraction of sp³-hybridized carbons (Fsp3) is 0.500. The standard InChI is InChI=1S/C16H20N4O3/c1-23-10-11-8-20(9-12(11)13-4-2-3-7-17-13)16(22)14-5-6-15(21)19-18-14/h2-4,7,11-12H,5-6,8-10H2,1H3,(H,19,21)/t11-,12+/m0/s1. The Morgan fingerprint density at radius 1 is 1.39 bits per heavy atom. The number of aromatic nitrogens is 1. The molecule has 1 N–H and O–H groups in total. The van der Waals surface area contributed by atoms with Gasteiger partial charge in [0.15, 0.2) is 0 Å². The van der Waals surface area contributed by atoms with Crippen molar-refractivity contribution in [1.82, 2.24) is 15.3 Å². The molecule has 2 amide bonds. The van der Waals surface area contributed by atoms with Gasteiger partial charge in [-0.2, -0.15) is 5.10 Å². The molecule has 1 saturated heterocycles. The Balaban J connectivity index is 1.75. The zero-order valence-electron chi connectivity index (χ0n) is 13.1. The number of methoxy groups -OCH3 is 1. The summed E-state index contributed by atoms with van der Waals surface area (Å²) in [4.78, 5) is 30.0. The number of amides is 2. The minimum atomic E-state index is -0.147. The Hall–Kier alpha value is -2.28. The summed E-state index contributed by atoms with van der Waals surface area (Å²) in [7, 11) is 1.67. The fourth-order valence-electron chi connectivity index (χ4n) is 3.16. The molecular weight excluding hydrogens is 296 g/mol. The van der Waals surface area contributed by atoms with Crippen LogP contribution >= 0.6 is 0 Å². The molecule has 0 unspecified atom stereocenters. The molecule has 0 aliphatic carbocycles. The molecule has 0 aromatic carbocycles. The maximum Gasteiger partial charge on any atom is 0.270 e. The molecule has 122 valence electrons. The Bertz CT molecular complexity index is 617. The van der Waals surface area contributed by atoms with E-state index in [4.69, 9.17) is 4.74 Å². The minimum absolute atomic E-state index is 0.107. The first-order valence-electron chi connectivity index (χ1n) is 7.73. The van der Waals surface area contributed by atoms with Crippen LogP contribution in [0.1, 0.15) is 24.5 Å². The molecule has 3 heterocycles. The van der Waals surface area contributed by atoms with Gasteiger partial charge in [0, 0.05) is 56.8 Å². The second kappa shape index (κ2) is 6.87. The highest BCUT2D eigenvalue weighted by Crippen LogP contribution is 2.32. The molecule has 2 aliphatic heterocycles. The molecule has 1 aromatic rings. The van der Waals surface area contributed by atoms with Crippen LogP contribution in [0.2, 0.25) is 0 Å². The number of hydrogen-bond donors (Lipinski definition) is 1. The lowest BCUT2D eigenvalue weighted by Gasteiger charge is -2.19. The summed E-state index contributed by atoms with van der Waals surface area (Å²) in [5.41, 5.74) is 3.77. The predicted octanol–water partition coefficient (Wildman–Crippen LogP) is 0.536. The van der Waals surface area contributed by atoms with Crippen molar-refractivity contribution in [2.24, 2.45) is 11.0 Å². The van der Waals surface area contributed by atoms with Gasteiger partial charge in [0.05, 0.1) is 6.61 Å². The number of nitrogens with one attached hydrogen (secondary N) is 1. The van der Waals surface area contributed by atoms with Crippen LogP contribution in [-0.4, -0.2) is 54.2 Å². The van der Waals surface area contributed by atoms with Gasteiger partial charge in [-0.05, 0) is 12.1 Å². The quantitative estimate of drug-likeness (QED) is 0.878. The van der Waals surface area contributed by atoms with Gasteiger partial charge in [0.2, 0.25) is 5.91 Å². The number of nitrogens with zero attached hydrogens (tertiary/aromatic N) is 3. The van der Waals surface area contributed by atoms with Gasteiger partial charge in [-0.15, -0.1) is 0 Å². The molecule has 7 nitrogen and oxygen atoms in total. The Morgan fingerprint density at radius 3 is 2.91 bits per heavy atom. The van der Waals surface area contributed by atoms with Crippen LogP contribution in [0.25, 0.3) is 0 Å². The molecule has 0 radical (unpaired) electrons. The second-order valence-corrected chi connectivity index (χ2v) is 5.88. The molecule has 0 saturated carbocycles. The molecule has 1 aromatic heterocycles. The number of ether oxygens (including phenoxy) is 1. The number of rotatable bonds is 4. The zero-order valence-corrected chi connectivity index (χ0v) is 13.1. The summed E-state index contributed by atoms with van der Waals surface area (Å²) >= 11 is 0. The van der Waals surface area contributed by atoms with E-state index >= 15 is 0 Å². The second-order valence-electron chi connectivity index (χ2n) is 5.88. The largest absolute Gasteiger partial charge is 0.384 e. The molecule has 1 fully saturated rings. The zero-order chi connectivity index (χ0) is 16.2. The molecule has 2 aliphatic rings. The summed E-state index contributed by atoms with van der Waals surface area (Å²) in [6.45, 7) is 1.78. The summed E-state index contributed by atoms with van der Waals surface area (Å²) in [5.74, 6) is 0.104. The van der Waals surface area contributed by atoms with Crippen molar-refractivity contribution in [3.05, 3.63) is 30.1 Å². The monoisotopic (exact) mass is 316 g/mol. The van der Waals surface area contributed by atoms with Crippen molar-refractivity contribution in [2.75, 3.05) is 26.8 Å². The van der Waals surface area contributed by atoms with E-state index in [-0.39, 0.29) is 23.7 Å². The third-order valence-corrected chi connectivity index (χ3v) is 4.33. The van der Waals surface area contributed by atoms with Crippen LogP contribution in [0.4, 0.5) is 0 Å². The van der Waals surface area contributed by atoms with Gasteiger partial charge >= 0.3 is 0 Å². The van der Waals surface area contributed by atoms with E-state index in [0.717, 1.165) is 5.69 Å². The predicted molar refractivity (Wildman–Crippen MR) is 83.7 cm³/mol.